The maximum Gasteiger partial charge on any atom is 0.251 e. The summed E-state index contributed by atoms with van der Waals surface area (Å²) >= 11 is 0. The second-order valence-electron chi connectivity index (χ2n) is 7.23. The number of aryl methyl sites for hydroxylation is 1. The summed E-state index contributed by atoms with van der Waals surface area (Å²) in [6.07, 6.45) is 4.29. The van der Waals surface area contributed by atoms with Crippen molar-refractivity contribution in [1.29, 1.82) is 10.8 Å². The van der Waals surface area contributed by atoms with Crippen LogP contribution in [-0.4, -0.2) is 41.1 Å². The minimum atomic E-state index is -0.280. The molecule has 7 nitrogen and oxygen atoms in total. The van der Waals surface area contributed by atoms with Gasteiger partial charge in [0.15, 0.2) is 0 Å². The zero-order valence-corrected chi connectivity index (χ0v) is 18.0. The van der Waals surface area contributed by atoms with Crippen LogP contribution in [0.3, 0.4) is 0 Å². The lowest BCUT2D eigenvalue weighted by atomic mass is 10.1. The summed E-state index contributed by atoms with van der Waals surface area (Å²) in [6, 6.07) is 20.8. The number of rotatable bonds is 9. The first-order valence-electron chi connectivity index (χ1n) is 10.3. The van der Waals surface area contributed by atoms with E-state index in [1.165, 1.54) is 0 Å². The number of benzene rings is 2. The van der Waals surface area contributed by atoms with E-state index in [1.807, 2.05) is 54.6 Å². The van der Waals surface area contributed by atoms with Crippen LogP contribution >= 0.6 is 0 Å². The van der Waals surface area contributed by atoms with Crippen molar-refractivity contribution in [2.24, 2.45) is 0 Å². The standard InChI is InChI=1S/C25H27N5O2/c1-32-22-10-7-20(8-11-22)18-30(23(26)12-9-19-5-3-2-4-6-19)24(27)17-29-25(31)21-13-15-28-16-14-21/h2-8,10-11,13-16,26-27H,9,12,17-18H2,1H3,(H,29,31). The van der Waals surface area contributed by atoms with Crippen LogP contribution in [0.4, 0.5) is 0 Å². The Kier molecular flexibility index (Phi) is 8.09. The van der Waals surface area contributed by atoms with Crippen LogP contribution in [0.2, 0.25) is 0 Å². The van der Waals surface area contributed by atoms with E-state index in [-0.39, 0.29) is 18.3 Å². The molecule has 0 saturated carbocycles. The van der Waals surface area contributed by atoms with Crippen molar-refractivity contribution in [1.82, 2.24) is 15.2 Å². The van der Waals surface area contributed by atoms with Gasteiger partial charge in [0.1, 0.15) is 17.4 Å². The third-order valence-corrected chi connectivity index (χ3v) is 5.00. The summed E-state index contributed by atoms with van der Waals surface area (Å²) in [7, 11) is 1.61. The molecular formula is C25H27N5O2. The Balaban J connectivity index is 1.68. The Hall–Kier alpha value is -4.00. The van der Waals surface area contributed by atoms with Crippen LogP contribution in [0.1, 0.15) is 27.9 Å². The van der Waals surface area contributed by atoms with Gasteiger partial charge in [-0.3, -0.25) is 20.6 Å². The molecule has 1 amide bonds. The number of pyridine rings is 1. The number of nitrogens with zero attached hydrogens (tertiary/aromatic N) is 2. The Morgan fingerprint density at radius 3 is 2.28 bits per heavy atom. The molecule has 2 aromatic carbocycles. The molecule has 3 N–H and O–H groups in total. The summed E-state index contributed by atoms with van der Waals surface area (Å²) in [6.45, 7) is 0.382. The van der Waals surface area contributed by atoms with Crippen LogP contribution in [0.15, 0.2) is 79.1 Å². The van der Waals surface area contributed by atoms with E-state index >= 15 is 0 Å². The average molecular weight is 430 g/mol. The second-order valence-corrected chi connectivity index (χ2v) is 7.23. The Labute approximate surface area is 188 Å². The largest absolute Gasteiger partial charge is 0.497 e. The predicted octanol–water partition coefficient (Wildman–Crippen LogP) is 3.91. The zero-order valence-electron chi connectivity index (χ0n) is 18.0. The average Bonchev–Trinajstić information content (AvgIpc) is 2.85. The van der Waals surface area contributed by atoms with Gasteiger partial charge in [-0.25, -0.2) is 0 Å². The molecule has 0 aliphatic carbocycles. The zero-order chi connectivity index (χ0) is 22.8. The maximum atomic E-state index is 12.4. The van der Waals surface area contributed by atoms with Gasteiger partial charge in [0.05, 0.1) is 20.2 Å². The van der Waals surface area contributed by atoms with E-state index in [2.05, 4.69) is 10.3 Å². The number of hydrogen-bond acceptors (Lipinski definition) is 5. The number of amides is 1. The van der Waals surface area contributed by atoms with E-state index < -0.39 is 0 Å². The minimum absolute atomic E-state index is 0.0189. The lowest BCUT2D eigenvalue weighted by molar-refractivity contribution is 0.0958. The third kappa shape index (κ3) is 6.50. The summed E-state index contributed by atoms with van der Waals surface area (Å²) in [5.74, 6) is 0.950. The van der Waals surface area contributed by atoms with Crippen LogP contribution in [0, 0.1) is 10.8 Å². The van der Waals surface area contributed by atoms with Gasteiger partial charge in [0.25, 0.3) is 5.91 Å². The third-order valence-electron chi connectivity index (χ3n) is 5.00. The number of hydrogen-bond donors (Lipinski definition) is 3. The van der Waals surface area contributed by atoms with Gasteiger partial charge in [-0.2, -0.15) is 0 Å². The molecule has 164 valence electrons. The highest BCUT2D eigenvalue weighted by Gasteiger charge is 2.17. The number of aromatic nitrogens is 1. The summed E-state index contributed by atoms with van der Waals surface area (Å²) in [4.78, 5) is 17.9. The highest BCUT2D eigenvalue weighted by molar-refractivity contribution is 6.02. The van der Waals surface area contributed by atoms with Crippen molar-refractivity contribution in [2.75, 3.05) is 13.7 Å². The van der Waals surface area contributed by atoms with Gasteiger partial charge in [-0.05, 0) is 41.8 Å². The Morgan fingerprint density at radius 2 is 1.62 bits per heavy atom. The molecule has 0 spiro atoms. The monoisotopic (exact) mass is 429 g/mol. The van der Waals surface area contributed by atoms with E-state index in [0.29, 0.717) is 30.8 Å². The quantitative estimate of drug-likeness (QED) is 0.354. The molecule has 0 aliphatic rings. The fourth-order valence-electron chi connectivity index (χ4n) is 3.17. The Bertz CT molecular complexity index is 1040. The van der Waals surface area contributed by atoms with Crippen molar-refractivity contribution >= 4 is 17.6 Å². The number of carbonyl (C=O) groups is 1. The van der Waals surface area contributed by atoms with Crippen molar-refractivity contribution in [3.05, 3.63) is 95.8 Å². The minimum Gasteiger partial charge on any atom is -0.497 e. The van der Waals surface area contributed by atoms with Crippen LogP contribution < -0.4 is 10.1 Å². The van der Waals surface area contributed by atoms with Crippen LogP contribution in [0.25, 0.3) is 0 Å². The van der Waals surface area contributed by atoms with Crippen LogP contribution in [0.5, 0.6) is 5.75 Å². The first-order valence-corrected chi connectivity index (χ1v) is 10.3. The van der Waals surface area contributed by atoms with Gasteiger partial charge in [0, 0.05) is 24.4 Å². The molecule has 0 aliphatic heterocycles. The summed E-state index contributed by atoms with van der Waals surface area (Å²) < 4.78 is 5.21. The molecule has 32 heavy (non-hydrogen) atoms. The molecular weight excluding hydrogens is 402 g/mol. The number of ether oxygens (including phenoxy) is 1. The van der Waals surface area contributed by atoms with Crippen molar-refractivity contribution in [2.45, 2.75) is 19.4 Å². The molecule has 0 saturated heterocycles. The van der Waals surface area contributed by atoms with Crippen LogP contribution in [-0.2, 0) is 13.0 Å². The summed E-state index contributed by atoms with van der Waals surface area (Å²) in [5.41, 5.74) is 2.56. The van der Waals surface area contributed by atoms with Gasteiger partial charge in [-0.15, -0.1) is 0 Å². The highest BCUT2D eigenvalue weighted by atomic mass is 16.5. The van der Waals surface area contributed by atoms with Gasteiger partial charge in [-0.1, -0.05) is 42.5 Å². The number of amidine groups is 2. The first kappa shape index (κ1) is 22.7. The normalized spacial score (nSPS) is 10.3. The van der Waals surface area contributed by atoms with E-state index in [9.17, 15) is 4.79 Å². The molecule has 3 rings (SSSR count). The second kappa shape index (κ2) is 11.4. The first-order chi connectivity index (χ1) is 15.6. The van der Waals surface area contributed by atoms with E-state index in [0.717, 1.165) is 16.9 Å². The Morgan fingerprint density at radius 1 is 0.938 bits per heavy atom. The van der Waals surface area contributed by atoms with Gasteiger partial charge >= 0.3 is 0 Å². The molecule has 3 aromatic rings. The molecule has 1 aromatic heterocycles. The van der Waals surface area contributed by atoms with Gasteiger partial charge in [0.2, 0.25) is 0 Å². The van der Waals surface area contributed by atoms with Crippen molar-refractivity contribution < 1.29 is 9.53 Å². The smallest absolute Gasteiger partial charge is 0.251 e. The summed E-state index contributed by atoms with van der Waals surface area (Å²) in [5, 5.41) is 20.0. The lowest BCUT2D eigenvalue weighted by Crippen LogP contribution is -2.42. The number of carbonyl (C=O) groups excluding carboxylic acids is 1. The highest BCUT2D eigenvalue weighted by Crippen LogP contribution is 2.15. The molecule has 1 heterocycles. The predicted molar refractivity (Wildman–Crippen MR) is 125 cm³/mol. The molecule has 0 atom stereocenters. The molecule has 7 heteroatoms. The van der Waals surface area contributed by atoms with E-state index in [4.69, 9.17) is 15.6 Å². The van der Waals surface area contributed by atoms with Gasteiger partial charge < -0.3 is 15.0 Å². The number of methoxy groups -OCH3 is 1. The van der Waals surface area contributed by atoms with Crippen molar-refractivity contribution in [3.63, 3.8) is 0 Å². The molecule has 0 unspecified atom stereocenters. The molecule has 0 fully saturated rings. The fourth-order valence-corrected chi connectivity index (χ4v) is 3.17. The topological polar surface area (TPSA) is 102 Å². The van der Waals surface area contributed by atoms with E-state index in [1.54, 1.807) is 36.5 Å². The maximum absolute atomic E-state index is 12.4. The number of nitrogens with one attached hydrogen (secondary N) is 3. The SMILES string of the molecule is COc1ccc(CN(C(=N)CCc2ccccc2)C(=N)CNC(=O)c2ccncc2)cc1. The van der Waals surface area contributed by atoms with Crippen molar-refractivity contribution in [3.8, 4) is 5.75 Å². The molecule has 0 bridgehead atoms. The fraction of sp³-hybridized carbons (Fsp3) is 0.200. The lowest BCUT2D eigenvalue weighted by Gasteiger charge is -2.26. The molecule has 0 radical (unpaired) electrons.